The van der Waals surface area contributed by atoms with E-state index in [4.69, 9.17) is 26.2 Å². The van der Waals surface area contributed by atoms with Crippen LogP contribution in [0.4, 0.5) is 0 Å². The van der Waals surface area contributed by atoms with Gasteiger partial charge in [0.15, 0.2) is 23.3 Å². The van der Waals surface area contributed by atoms with Gasteiger partial charge in [0.2, 0.25) is 5.91 Å². The smallest absolute Gasteiger partial charge is 0.341 e. The molecule has 0 atom stereocenters. The molecule has 2 N–H and O–H groups in total. The third-order valence-electron chi connectivity index (χ3n) is 2.65. The van der Waals surface area contributed by atoms with Gasteiger partial charge in [-0.05, 0) is 13.0 Å². The van der Waals surface area contributed by atoms with E-state index in [9.17, 15) is 9.59 Å². The highest BCUT2D eigenvalue weighted by atomic mass is 35.5. The molecule has 0 saturated carbocycles. The third-order valence-corrected chi connectivity index (χ3v) is 3.84. The molecule has 0 aliphatic carbocycles. The minimum absolute atomic E-state index is 0.120. The fraction of sp³-hybridized carbons (Fsp3) is 0.286. The molecule has 24 heavy (non-hydrogen) atoms. The van der Waals surface area contributed by atoms with E-state index in [0.29, 0.717) is 33.9 Å². The van der Waals surface area contributed by atoms with Gasteiger partial charge in [0.1, 0.15) is 0 Å². The van der Waals surface area contributed by atoms with Crippen LogP contribution in [-0.4, -0.2) is 47.3 Å². The first-order chi connectivity index (χ1) is 11.5. The molecule has 0 unspecified atom stereocenters. The van der Waals surface area contributed by atoms with Crippen molar-refractivity contribution in [3.8, 4) is 11.5 Å². The van der Waals surface area contributed by atoms with Crippen molar-refractivity contribution in [3.63, 3.8) is 0 Å². The molecule has 1 aliphatic rings. The van der Waals surface area contributed by atoms with Crippen LogP contribution in [-0.2, 0) is 9.59 Å². The molecule has 10 heteroatoms. The number of thioether (sulfide) groups is 1. The summed E-state index contributed by atoms with van der Waals surface area (Å²) in [4.78, 5) is 21.7. The van der Waals surface area contributed by atoms with Crippen LogP contribution < -0.4 is 14.8 Å². The number of rotatable bonds is 7. The Morgan fingerprint density at radius 1 is 1.46 bits per heavy atom. The predicted molar refractivity (Wildman–Crippen MR) is 91.4 cm³/mol. The zero-order chi connectivity index (χ0) is 17.5. The SMILES string of the molecule is CCOc1cc(C=NN=C2NC(=O)CS2)c(Cl)cc1OCC(=O)O. The molecule has 1 amide bonds. The molecule has 1 saturated heterocycles. The topological polar surface area (TPSA) is 110 Å². The Morgan fingerprint density at radius 3 is 2.83 bits per heavy atom. The fourth-order valence-electron chi connectivity index (χ4n) is 1.69. The number of halogens is 1. The predicted octanol–water partition coefficient (Wildman–Crippen LogP) is 1.75. The summed E-state index contributed by atoms with van der Waals surface area (Å²) in [6.07, 6.45) is 1.41. The number of carboxylic acid groups (broad SMARTS) is 1. The molecule has 2 rings (SSSR count). The zero-order valence-corrected chi connectivity index (χ0v) is 14.2. The molecule has 1 aromatic rings. The number of hydrogen-bond donors (Lipinski definition) is 2. The van der Waals surface area contributed by atoms with Crippen molar-refractivity contribution in [2.75, 3.05) is 19.0 Å². The van der Waals surface area contributed by atoms with E-state index >= 15 is 0 Å². The summed E-state index contributed by atoms with van der Waals surface area (Å²) in [5.74, 6) is -0.331. The molecule has 0 aromatic heterocycles. The van der Waals surface area contributed by atoms with Gasteiger partial charge in [-0.2, -0.15) is 5.10 Å². The van der Waals surface area contributed by atoms with Gasteiger partial charge in [-0.25, -0.2) is 4.79 Å². The maximum Gasteiger partial charge on any atom is 0.341 e. The number of benzene rings is 1. The second kappa shape index (κ2) is 8.55. The Balaban J connectivity index is 2.18. The summed E-state index contributed by atoms with van der Waals surface area (Å²) in [7, 11) is 0. The van der Waals surface area contributed by atoms with Crippen LogP contribution in [0.2, 0.25) is 5.02 Å². The number of aliphatic carboxylic acids is 1. The van der Waals surface area contributed by atoms with Crippen molar-refractivity contribution in [2.24, 2.45) is 10.2 Å². The second-order valence-electron chi connectivity index (χ2n) is 4.42. The minimum Gasteiger partial charge on any atom is -0.490 e. The van der Waals surface area contributed by atoms with E-state index in [0.717, 1.165) is 0 Å². The first kappa shape index (κ1) is 18.1. The monoisotopic (exact) mass is 371 g/mol. The summed E-state index contributed by atoms with van der Waals surface area (Å²) in [5, 5.41) is 19.7. The molecule has 1 aliphatic heterocycles. The fourth-order valence-corrected chi connectivity index (χ4v) is 2.53. The Morgan fingerprint density at radius 2 is 2.21 bits per heavy atom. The molecule has 0 spiro atoms. The maximum atomic E-state index is 11.0. The third kappa shape index (κ3) is 5.14. The lowest BCUT2D eigenvalue weighted by atomic mass is 10.2. The van der Waals surface area contributed by atoms with Crippen LogP contribution in [0.3, 0.4) is 0 Å². The molecule has 128 valence electrons. The van der Waals surface area contributed by atoms with Crippen LogP contribution >= 0.6 is 23.4 Å². The highest BCUT2D eigenvalue weighted by Gasteiger charge is 2.16. The normalized spacial score (nSPS) is 15.8. The van der Waals surface area contributed by atoms with Gasteiger partial charge in [0.05, 0.1) is 23.6 Å². The lowest BCUT2D eigenvalue weighted by Gasteiger charge is -2.12. The largest absolute Gasteiger partial charge is 0.490 e. The molecule has 0 bridgehead atoms. The second-order valence-corrected chi connectivity index (χ2v) is 5.79. The van der Waals surface area contributed by atoms with Gasteiger partial charge in [0, 0.05) is 11.6 Å². The number of carboxylic acids is 1. The van der Waals surface area contributed by atoms with Crippen LogP contribution in [0.15, 0.2) is 22.3 Å². The standard InChI is InChI=1S/C14H14ClN3O5S/c1-2-22-10-3-8(5-16-18-14-17-12(19)7-24-14)9(15)4-11(10)23-6-13(20)21/h3-5H,2,6-7H2,1H3,(H,20,21)(H,17,18,19). The number of carbonyl (C=O) groups excluding carboxylic acids is 1. The summed E-state index contributed by atoms with van der Waals surface area (Å²) in [6, 6.07) is 3.03. The zero-order valence-electron chi connectivity index (χ0n) is 12.6. The first-order valence-corrected chi connectivity index (χ1v) is 8.20. The van der Waals surface area contributed by atoms with Gasteiger partial charge >= 0.3 is 5.97 Å². The molecule has 1 aromatic carbocycles. The molecular formula is C14H14ClN3O5S. The van der Waals surface area contributed by atoms with Crippen molar-refractivity contribution in [2.45, 2.75) is 6.92 Å². The van der Waals surface area contributed by atoms with Crippen molar-refractivity contribution in [3.05, 3.63) is 22.7 Å². The average molecular weight is 372 g/mol. The van der Waals surface area contributed by atoms with E-state index in [1.807, 2.05) is 0 Å². The van der Waals surface area contributed by atoms with Crippen molar-refractivity contribution >= 4 is 46.6 Å². The Labute approximate surface area is 146 Å². The van der Waals surface area contributed by atoms with Gasteiger partial charge in [-0.1, -0.05) is 23.4 Å². The van der Waals surface area contributed by atoms with Crippen LogP contribution in [0, 0.1) is 0 Å². The summed E-state index contributed by atoms with van der Waals surface area (Å²) < 4.78 is 10.6. The van der Waals surface area contributed by atoms with Crippen molar-refractivity contribution < 1.29 is 24.2 Å². The van der Waals surface area contributed by atoms with Crippen molar-refractivity contribution in [1.82, 2.24) is 5.32 Å². The Bertz CT molecular complexity index is 708. The Hall–Kier alpha value is -2.26. The van der Waals surface area contributed by atoms with E-state index in [2.05, 4.69) is 15.5 Å². The number of amides is 1. The van der Waals surface area contributed by atoms with Gasteiger partial charge < -0.3 is 19.9 Å². The van der Waals surface area contributed by atoms with Gasteiger partial charge in [-0.15, -0.1) is 5.10 Å². The van der Waals surface area contributed by atoms with Gasteiger partial charge in [-0.3, -0.25) is 4.79 Å². The maximum absolute atomic E-state index is 11.0. The number of amidine groups is 1. The number of nitrogens with zero attached hydrogens (tertiary/aromatic N) is 2. The van der Waals surface area contributed by atoms with Crippen LogP contribution in [0.5, 0.6) is 11.5 Å². The minimum atomic E-state index is -1.11. The number of nitrogens with one attached hydrogen (secondary N) is 1. The average Bonchev–Trinajstić information content (AvgIpc) is 2.94. The van der Waals surface area contributed by atoms with E-state index in [1.165, 1.54) is 24.0 Å². The van der Waals surface area contributed by atoms with Gasteiger partial charge in [0.25, 0.3) is 0 Å². The van der Waals surface area contributed by atoms with E-state index in [1.54, 1.807) is 13.0 Å². The lowest BCUT2D eigenvalue weighted by molar-refractivity contribution is -0.139. The van der Waals surface area contributed by atoms with Crippen LogP contribution in [0.1, 0.15) is 12.5 Å². The number of ether oxygens (including phenoxy) is 2. The quantitative estimate of drug-likeness (QED) is 0.558. The highest BCUT2D eigenvalue weighted by Crippen LogP contribution is 2.33. The van der Waals surface area contributed by atoms with Crippen LogP contribution in [0.25, 0.3) is 0 Å². The van der Waals surface area contributed by atoms with E-state index in [-0.39, 0.29) is 11.7 Å². The molecule has 8 nitrogen and oxygen atoms in total. The summed E-state index contributed by atoms with van der Waals surface area (Å²) in [6.45, 7) is 1.65. The van der Waals surface area contributed by atoms with E-state index < -0.39 is 12.6 Å². The highest BCUT2D eigenvalue weighted by molar-refractivity contribution is 8.15. The molecule has 1 fully saturated rings. The molecular weight excluding hydrogens is 358 g/mol. The molecule has 0 radical (unpaired) electrons. The summed E-state index contributed by atoms with van der Waals surface area (Å²) in [5.41, 5.74) is 0.515. The Kier molecular flexibility index (Phi) is 6.44. The summed E-state index contributed by atoms with van der Waals surface area (Å²) >= 11 is 7.39. The first-order valence-electron chi connectivity index (χ1n) is 6.84. The lowest BCUT2D eigenvalue weighted by Crippen LogP contribution is -2.19. The number of hydrogen-bond acceptors (Lipinski definition) is 7. The van der Waals surface area contributed by atoms with Crippen molar-refractivity contribution in [1.29, 1.82) is 0 Å². The molecule has 1 heterocycles. The number of carbonyl (C=O) groups is 2.